The van der Waals surface area contributed by atoms with Crippen LogP contribution < -0.4 is 10.4 Å². The van der Waals surface area contributed by atoms with Gasteiger partial charge in [0.1, 0.15) is 36.4 Å². The van der Waals surface area contributed by atoms with Crippen LogP contribution >= 0.6 is 0 Å². The highest BCUT2D eigenvalue weighted by atomic mass is 19.4. The molecule has 3 aromatic rings. The predicted octanol–water partition coefficient (Wildman–Crippen LogP) is 6.97. The molecule has 3 aromatic carbocycles. The second-order valence-corrected chi connectivity index (χ2v) is 9.43. The van der Waals surface area contributed by atoms with Gasteiger partial charge >= 0.3 is 24.7 Å². The lowest BCUT2D eigenvalue weighted by atomic mass is 9.89. The molecule has 0 saturated carbocycles. The lowest BCUT2D eigenvalue weighted by Gasteiger charge is -2.17. The summed E-state index contributed by atoms with van der Waals surface area (Å²) in [4.78, 5) is 0. The summed E-state index contributed by atoms with van der Waals surface area (Å²) in [6, 6.07) is 3.99. The van der Waals surface area contributed by atoms with Gasteiger partial charge in [-0.25, -0.2) is 8.78 Å². The summed E-state index contributed by atoms with van der Waals surface area (Å²) in [6.07, 6.45) is -23.0. The Balaban J connectivity index is 2.79. The molecule has 0 atom stereocenters. The van der Waals surface area contributed by atoms with Crippen LogP contribution in [0.3, 0.4) is 0 Å². The van der Waals surface area contributed by atoms with Gasteiger partial charge < -0.3 is 0 Å². The fraction of sp³-hybridized carbons (Fsp3) is 0.133. The van der Waals surface area contributed by atoms with Gasteiger partial charge in [0, 0.05) is 0 Å². The largest absolute Gasteiger partial charge is 0.417 e. The Kier molecular flexibility index (Phi) is 9.65. The molecule has 0 bridgehead atoms. The fourth-order valence-electron chi connectivity index (χ4n) is 4.61. The van der Waals surface area contributed by atoms with E-state index in [1.54, 1.807) is 0 Å². The third-order valence-corrected chi connectivity index (χ3v) is 6.62. The Morgan fingerprint density at radius 2 is 0.620 bits per heavy atom. The first-order chi connectivity index (χ1) is 22.9. The van der Waals surface area contributed by atoms with Crippen LogP contribution in [-0.2, 0) is 24.7 Å². The third kappa shape index (κ3) is 6.56. The normalized spacial score (nSPS) is 13.1. The van der Waals surface area contributed by atoms with Crippen LogP contribution in [0.5, 0.6) is 0 Å². The van der Waals surface area contributed by atoms with Gasteiger partial charge in [0.25, 0.3) is 0 Å². The molecule has 0 N–H and O–H groups in total. The van der Waals surface area contributed by atoms with Gasteiger partial charge in [0.05, 0.1) is 66.1 Å². The SMILES string of the molecule is N#C/C(c1cc(C(F)(F)F)c(C#N)c(C(F)(F)F)c1)=c1\c(F)c(C#N)/c(=C(\C#N)c2cc(C(F)(F)F)c(C#N)c(C(F)(F)F)c2)c(F)c1C#N. The first kappa shape index (κ1) is 37.8. The van der Waals surface area contributed by atoms with E-state index < -0.39 is 114 Å². The standard InChI is InChI=1S/C30H4F14N6/c31-25-18(10-50)24(14(6-46)12-3-21(29(39,40)41)16(8-48)22(4-12)30(42,43)44)26(32)17(9-49)23(25)13(5-45)11-1-19(27(33,34)35)15(7-47)20(2-11)28(36,37)38/h1-4H/b23-13-,24-14+. The van der Waals surface area contributed by atoms with Gasteiger partial charge in [0.15, 0.2) is 11.6 Å². The van der Waals surface area contributed by atoms with E-state index in [4.69, 9.17) is 10.5 Å². The fourth-order valence-corrected chi connectivity index (χ4v) is 4.61. The summed E-state index contributed by atoms with van der Waals surface area (Å²) in [6.45, 7) is 0. The summed E-state index contributed by atoms with van der Waals surface area (Å²) in [7, 11) is 0. The maximum absolute atomic E-state index is 16.0. The molecule has 0 aliphatic carbocycles. The number of halogens is 14. The van der Waals surface area contributed by atoms with E-state index in [9.17, 15) is 73.7 Å². The molecule has 20 heteroatoms. The highest BCUT2D eigenvalue weighted by Crippen LogP contribution is 2.42. The number of benzene rings is 3. The van der Waals surface area contributed by atoms with Crippen LogP contribution in [0, 0.1) is 79.6 Å². The molecule has 3 rings (SSSR count). The zero-order valence-corrected chi connectivity index (χ0v) is 23.3. The van der Waals surface area contributed by atoms with E-state index in [0.29, 0.717) is 12.1 Å². The van der Waals surface area contributed by atoms with Crippen molar-refractivity contribution in [3.8, 4) is 36.4 Å². The molecule has 0 saturated heterocycles. The predicted molar refractivity (Wildman–Crippen MR) is 134 cm³/mol. The van der Waals surface area contributed by atoms with Crippen molar-refractivity contribution in [1.29, 1.82) is 31.6 Å². The summed E-state index contributed by atoms with van der Waals surface area (Å²) < 4.78 is 197. The quantitative estimate of drug-likeness (QED) is 0.263. The van der Waals surface area contributed by atoms with Gasteiger partial charge in [-0.15, -0.1) is 0 Å². The number of nitrogens with zero attached hydrogens (tertiary/aromatic N) is 6. The van der Waals surface area contributed by atoms with Crippen LogP contribution in [0.15, 0.2) is 24.3 Å². The highest BCUT2D eigenvalue weighted by molar-refractivity contribution is 5.82. The number of hydrogen-bond donors (Lipinski definition) is 0. The average molecular weight is 714 g/mol. The zero-order valence-electron chi connectivity index (χ0n) is 23.3. The Labute approximate surface area is 267 Å². The maximum Gasteiger partial charge on any atom is 0.417 e. The van der Waals surface area contributed by atoms with Gasteiger partial charge in [-0.3, -0.25) is 0 Å². The van der Waals surface area contributed by atoms with Gasteiger partial charge in [-0.1, -0.05) is 0 Å². The molecule has 0 aliphatic rings. The first-order valence-corrected chi connectivity index (χ1v) is 12.3. The van der Waals surface area contributed by atoms with Crippen molar-refractivity contribution in [2.75, 3.05) is 0 Å². The molecule has 0 unspecified atom stereocenters. The van der Waals surface area contributed by atoms with E-state index in [-0.39, 0.29) is 24.3 Å². The number of nitriles is 6. The monoisotopic (exact) mass is 714 g/mol. The van der Waals surface area contributed by atoms with Crippen molar-refractivity contribution in [2.45, 2.75) is 24.7 Å². The van der Waals surface area contributed by atoms with E-state index in [2.05, 4.69) is 0 Å². The number of alkyl halides is 12. The van der Waals surface area contributed by atoms with Crippen LogP contribution in [0.25, 0.3) is 11.1 Å². The van der Waals surface area contributed by atoms with Crippen molar-refractivity contribution in [2.24, 2.45) is 0 Å². The van der Waals surface area contributed by atoms with Crippen molar-refractivity contribution >= 4 is 11.1 Å². The summed E-state index contributed by atoms with van der Waals surface area (Å²) >= 11 is 0. The Morgan fingerprint density at radius 1 is 0.400 bits per heavy atom. The zero-order chi connectivity index (χ0) is 38.3. The van der Waals surface area contributed by atoms with E-state index in [0.717, 1.165) is 24.3 Å². The second-order valence-electron chi connectivity index (χ2n) is 9.43. The second kappa shape index (κ2) is 12.8. The van der Waals surface area contributed by atoms with Crippen molar-refractivity contribution in [1.82, 2.24) is 0 Å². The maximum atomic E-state index is 16.0. The number of hydrogen-bond acceptors (Lipinski definition) is 6. The van der Waals surface area contributed by atoms with Crippen LogP contribution in [0.4, 0.5) is 61.5 Å². The Hall–Kier alpha value is -6.64. The third-order valence-electron chi connectivity index (χ3n) is 6.62. The summed E-state index contributed by atoms with van der Waals surface area (Å²) in [5.41, 5.74) is -23.6. The van der Waals surface area contributed by atoms with Crippen LogP contribution in [-0.4, -0.2) is 0 Å². The molecular formula is C30H4F14N6. The van der Waals surface area contributed by atoms with Gasteiger partial charge in [0.2, 0.25) is 0 Å². The lowest BCUT2D eigenvalue weighted by molar-refractivity contribution is -0.145. The van der Waals surface area contributed by atoms with Crippen LogP contribution in [0.1, 0.15) is 55.6 Å². The molecule has 0 fully saturated rings. The van der Waals surface area contributed by atoms with E-state index in [1.165, 1.54) is 0 Å². The first-order valence-electron chi connectivity index (χ1n) is 12.3. The highest BCUT2D eigenvalue weighted by Gasteiger charge is 2.43. The molecule has 252 valence electrons. The Bertz CT molecular complexity index is 2120. The molecule has 0 amide bonds. The van der Waals surface area contributed by atoms with Gasteiger partial charge in [-0.05, 0) is 35.4 Å². The summed E-state index contributed by atoms with van der Waals surface area (Å²) in [5.74, 6) is -4.67. The van der Waals surface area contributed by atoms with Crippen molar-refractivity contribution in [3.05, 3.63) is 102 Å². The van der Waals surface area contributed by atoms with E-state index in [1.807, 2.05) is 0 Å². The molecule has 0 spiro atoms. The minimum absolute atomic E-state index is 0.272. The van der Waals surface area contributed by atoms with Crippen molar-refractivity contribution in [3.63, 3.8) is 0 Å². The molecular weight excluding hydrogens is 710 g/mol. The lowest BCUT2D eigenvalue weighted by Crippen LogP contribution is -2.31. The van der Waals surface area contributed by atoms with E-state index >= 15 is 8.78 Å². The molecule has 0 aromatic heterocycles. The summed E-state index contributed by atoms with van der Waals surface area (Å²) in [5, 5.41) is 53.2. The van der Waals surface area contributed by atoms with Crippen LogP contribution in [0.2, 0.25) is 0 Å². The molecule has 0 aliphatic heterocycles. The molecule has 0 radical (unpaired) electrons. The van der Waals surface area contributed by atoms with Crippen molar-refractivity contribution < 1.29 is 61.5 Å². The van der Waals surface area contributed by atoms with Gasteiger partial charge in [-0.2, -0.15) is 84.3 Å². The number of rotatable bonds is 2. The average Bonchev–Trinajstić information content (AvgIpc) is 3.01. The topological polar surface area (TPSA) is 143 Å². The smallest absolute Gasteiger partial charge is 0.205 e. The Morgan fingerprint density at radius 3 is 0.780 bits per heavy atom. The molecule has 50 heavy (non-hydrogen) atoms. The molecule has 6 nitrogen and oxygen atoms in total. The minimum Gasteiger partial charge on any atom is -0.205 e. The molecule has 0 heterocycles. The minimum atomic E-state index is -5.76.